The number of nitriles is 1. The van der Waals surface area contributed by atoms with Crippen LogP contribution in [0.1, 0.15) is 65.2 Å². The van der Waals surface area contributed by atoms with Gasteiger partial charge in [-0.05, 0) is 26.2 Å². The van der Waals surface area contributed by atoms with E-state index in [0.717, 1.165) is 6.42 Å². The summed E-state index contributed by atoms with van der Waals surface area (Å²) >= 11 is 0. The van der Waals surface area contributed by atoms with Gasteiger partial charge in [0, 0.05) is 6.04 Å². The third-order valence-electron chi connectivity index (χ3n) is 3.40. The molecule has 1 fully saturated rings. The fraction of sp³-hybridized carbons (Fsp3) is 0.923. The van der Waals surface area contributed by atoms with Crippen LogP contribution in [-0.4, -0.2) is 11.6 Å². The Morgan fingerprint density at radius 3 is 2.53 bits per heavy atom. The van der Waals surface area contributed by atoms with Crippen LogP contribution < -0.4 is 5.32 Å². The van der Waals surface area contributed by atoms with Crippen molar-refractivity contribution in [3.63, 3.8) is 0 Å². The van der Waals surface area contributed by atoms with Crippen molar-refractivity contribution in [1.29, 1.82) is 5.26 Å². The molecule has 1 aliphatic carbocycles. The van der Waals surface area contributed by atoms with Gasteiger partial charge in [-0.3, -0.25) is 5.32 Å². The summed E-state index contributed by atoms with van der Waals surface area (Å²) in [5, 5.41) is 12.8. The molecule has 0 bridgehead atoms. The average Bonchev–Trinajstić information content (AvgIpc) is 2.71. The zero-order chi connectivity index (χ0) is 11.1. The third kappa shape index (κ3) is 4.22. The quantitative estimate of drug-likeness (QED) is 0.679. The molecule has 1 unspecified atom stereocenters. The van der Waals surface area contributed by atoms with Crippen LogP contribution >= 0.6 is 0 Å². The Bertz CT molecular complexity index is 213. The fourth-order valence-electron chi connectivity index (χ4n) is 2.41. The lowest BCUT2D eigenvalue weighted by atomic mass is 9.94. The molecule has 1 rings (SSSR count). The molecule has 2 heteroatoms. The molecule has 15 heavy (non-hydrogen) atoms. The molecule has 0 radical (unpaired) electrons. The molecule has 2 nitrogen and oxygen atoms in total. The van der Waals surface area contributed by atoms with Crippen LogP contribution in [-0.2, 0) is 0 Å². The second-order valence-corrected chi connectivity index (χ2v) is 5.03. The number of unbranched alkanes of at least 4 members (excludes halogenated alkanes) is 2. The average molecular weight is 208 g/mol. The number of hydrogen-bond donors (Lipinski definition) is 1. The van der Waals surface area contributed by atoms with Gasteiger partial charge in [-0.2, -0.15) is 5.26 Å². The topological polar surface area (TPSA) is 35.8 Å². The van der Waals surface area contributed by atoms with Gasteiger partial charge < -0.3 is 0 Å². The predicted molar refractivity (Wildman–Crippen MR) is 63.6 cm³/mol. The van der Waals surface area contributed by atoms with Gasteiger partial charge in [-0.15, -0.1) is 0 Å². The van der Waals surface area contributed by atoms with Crippen LogP contribution in [0.25, 0.3) is 0 Å². The molecule has 1 aliphatic rings. The number of hydrogen-bond acceptors (Lipinski definition) is 2. The number of rotatable bonds is 6. The second kappa shape index (κ2) is 6.12. The second-order valence-electron chi connectivity index (χ2n) is 5.03. The zero-order valence-corrected chi connectivity index (χ0v) is 10.2. The molecule has 0 aromatic heterocycles. The lowest BCUT2D eigenvalue weighted by Crippen LogP contribution is -2.46. The minimum Gasteiger partial charge on any atom is -0.297 e. The summed E-state index contributed by atoms with van der Waals surface area (Å²) < 4.78 is 0. The molecule has 86 valence electrons. The van der Waals surface area contributed by atoms with E-state index in [2.05, 4.69) is 25.2 Å². The molecule has 0 aliphatic heterocycles. The molecule has 0 aromatic carbocycles. The first-order valence-corrected chi connectivity index (χ1v) is 6.39. The maximum Gasteiger partial charge on any atom is 0.104 e. The summed E-state index contributed by atoms with van der Waals surface area (Å²) in [4.78, 5) is 0. The highest BCUT2D eigenvalue weighted by Crippen LogP contribution is 2.22. The lowest BCUT2D eigenvalue weighted by molar-refractivity contribution is 0.349. The first kappa shape index (κ1) is 12.5. The Kier molecular flexibility index (Phi) is 5.11. The smallest absolute Gasteiger partial charge is 0.104 e. The third-order valence-corrected chi connectivity index (χ3v) is 3.40. The molecule has 1 saturated carbocycles. The van der Waals surface area contributed by atoms with Crippen LogP contribution in [0.3, 0.4) is 0 Å². The Morgan fingerprint density at radius 2 is 2.00 bits per heavy atom. The lowest BCUT2D eigenvalue weighted by Gasteiger charge is -2.27. The maximum absolute atomic E-state index is 9.23. The van der Waals surface area contributed by atoms with Crippen LogP contribution in [0.5, 0.6) is 0 Å². The molecule has 0 amide bonds. The van der Waals surface area contributed by atoms with Crippen molar-refractivity contribution in [2.24, 2.45) is 0 Å². The molecule has 1 atom stereocenters. The van der Waals surface area contributed by atoms with Gasteiger partial charge in [0.15, 0.2) is 0 Å². The highest BCUT2D eigenvalue weighted by atomic mass is 15.0. The molecule has 0 saturated heterocycles. The normalized spacial score (nSPS) is 21.1. The van der Waals surface area contributed by atoms with Gasteiger partial charge in [0.05, 0.1) is 6.07 Å². The largest absolute Gasteiger partial charge is 0.297 e. The summed E-state index contributed by atoms with van der Waals surface area (Å²) in [6, 6.07) is 3.05. The first-order valence-electron chi connectivity index (χ1n) is 6.39. The van der Waals surface area contributed by atoms with Gasteiger partial charge in [-0.25, -0.2) is 0 Å². The van der Waals surface area contributed by atoms with Gasteiger partial charge in [0.1, 0.15) is 5.54 Å². The van der Waals surface area contributed by atoms with E-state index in [1.807, 2.05) is 0 Å². The van der Waals surface area contributed by atoms with Gasteiger partial charge in [0.2, 0.25) is 0 Å². The predicted octanol–water partition coefficient (Wildman–Crippen LogP) is 3.38. The number of nitrogens with zero attached hydrogens (tertiary/aromatic N) is 1. The summed E-state index contributed by atoms with van der Waals surface area (Å²) in [6.07, 6.45) is 9.79. The molecule has 0 spiro atoms. The summed E-state index contributed by atoms with van der Waals surface area (Å²) in [5.41, 5.74) is -0.288. The molecule has 0 heterocycles. The van der Waals surface area contributed by atoms with Crippen LogP contribution in [0, 0.1) is 11.3 Å². The van der Waals surface area contributed by atoms with E-state index in [1.54, 1.807) is 0 Å². The Balaban J connectivity index is 2.34. The Hall–Kier alpha value is -0.550. The van der Waals surface area contributed by atoms with Gasteiger partial charge in [-0.1, -0.05) is 39.0 Å². The van der Waals surface area contributed by atoms with Crippen molar-refractivity contribution in [2.45, 2.75) is 76.8 Å². The van der Waals surface area contributed by atoms with E-state index < -0.39 is 0 Å². The summed E-state index contributed by atoms with van der Waals surface area (Å²) in [6.45, 7) is 4.26. The minimum absolute atomic E-state index is 0.288. The first-order chi connectivity index (χ1) is 7.20. The molecular formula is C13H24N2. The van der Waals surface area contributed by atoms with Crippen molar-refractivity contribution in [3.8, 4) is 6.07 Å². The van der Waals surface area contributed by atoms with E-state index in [0.29, 0.717) is 6.04 Å². The van der Waals surface area contributed by atoms with Crippen molar-refractivity contribution in [3.05, 3.63) is 0 Å². The van der Waals surface area contributed by atoms with E-state index in [-0.39, 0.29) is 5.54 Å². The maximum atomic E-state index is 9.23. The molecular weight excluding hydrogens is 184 g/mol. The Morgan fingerprint density at radius 1 is 1.33 bits per heavy atom. The highest BCUT2D eigenvalue weighted by molar-refractivity contribution is 5.05. The number of nitrogens with one attached hydrogen (secondary N) is 1. The minimum atomic E-state index is -0.288. The summed E-state index contributed by atoms with van der Waals surface area (Å²) in [7, 11) is 0. The van der Waals surface area contributed by atoms with Crippen molar-refractivity contribution in [2.75, 3.05) is 0 Å². The van der Waals surface area contributed by atoms with Crippen molar-refractivity contribution in [1.82, 2.24) is 5.32 Å². The van der Waals surface area contributed by atoms with Crippen molar-refractivity contribution < 1.29 is 0 Å². The zero-order valence-electron chi connectivity index (χ0n) is 10.2. The van der Waals surface area contributed by atoms with E-state index in [9.17, 15) is 5.26 Å². The van der Waals surface area contributed by atoms with Crippen LogP contribution in [0.2, 0.25) is 0 Å². The van der Waals surface area contributed by atoms with Gasteiger partial charge >= 0.3 is 0 Å². The highest BCUT2D eigenvalue weighted by Gasteiger charge is 2.27. The summed E-state index contributed by atoms with van der Waals surface area (Å²) in [5.74, 6) is 0. The van der Waals surface area contributed by atoms with Crippen molar-refractivity contribution >= 4 is 0 Å². The van der Waals surface area contributed by atoms with Gasteiger partial charge in [0.25, 0.3) is 0 Å². The van der Waals surface area contributed by atoms with E-state index in [1.165, 1.54) is 44.9 Å². The SMILES string of the molecule is CCCCCC(C)(C#N)NC1CCCC1. The monoisotopic (exact) mass is 208 g/mol. The fourth-order valence-corrected chi connectivity index (χ4v) is 2.41. The molecule has 1 N–H and O–H groups in total. The molecule has 0 aromatic rings. The van der Waals surface area contributed by atoms with Crippen LogP contribution in [0.4, 0.5) is 0 Å². The van der Waals surface area contributed by atoms with E-state index >= 15 is 0 Å². The standard InChI is InChI=1S/C13H24N2/c1-3-4-7-10-13(2,11-14)15-12-8-5-6-9-12/h12,15H,3-10H2,1-2H3. The Labute approximate surface area is 94.1 Å². The van der Waals surface area contributed by atoms with E-state index in [4.69, 9.17) is 0 Å². The van der Waals surface area contributed by atoms with Crippen LogP contribution in [0.15, 0.2) is 0 Å².